The summed E-state index contributed by atoms with van der Waals surface area (Å²) in [5.41, 5.74) is 4.49. The van der Waals surface area contributed by atoms with Crippen molar-refractivity contribution >= 4 is 31.7 Å². The summed E-state index contributed by atoms with van der Waals surface area (Å²) in [6.45, 7) is 3.84. The molecule has 148 valence electrons. The standard InChI is InChI=1S/C23H21BrN2O2S/c1-16-7-9-18(10-8-16)21-15-22(19-11-13-20(24)14-12-19)26(25-21)29(27,28)23-6-4-3-5-17(23)2/h3-14,22H,15H2,1-2H3. The Hall–Kier alpha value is -2.44. The van der Waals surface area contributed by atoms with Gasteiger partial charge in [0.05, 0.1) is 16.6 Å². The van der Waals surface area contributed by atoms with Crippen LogP contribution in [0.1, 0.15) is 34.7 Å². The zero-order valence-electron chi connectivity index (χ0n) is 16.2. The Morgan fingerprint density at radius 1 is 0.931 bits per heavy atom. The molecule has 1 aliphatic rings. The van der Waals surface area contributed by atoms with Crippen molar-refractivity contribution in [1.82, 2.24) is 4.41 Å². The second kappa shape index (κ2) is 7.76. The quantitative estimate of drug-likeness (QED) is 0.499. The summed E-state index contributed by atoms with van der Waals surface area (Å²) in [6, 6.07) is 22.4. The molecular formula is C23H21BrN2O2S. The molecule has 29 heavy (non-hydrogen) atoms. The summed E-state index contributed by atoms with van der Waals surface area (Å²) in [7, 11) is -3.79. The summed E-state index contributed by atoms with van der Waals surface area (Å²) in [5.74, 6) is 0. The van der Waals surface area contributed by atoms with E-state index < -0.39 is 10.0 Å². The van der Waals surface area contributed by atoms with Gasteiger partial charge in [0.2, 0.25) is 0 Å². The molecule has 0 amide bonds. The van der Waals surface area contributed by atoms with Gasteiger partial charge in [-0.25, -0.2) is 0 Å². The SMILES string of the molecule is Cc1ccc(C2=NN(S(=O)(=O)c3ccccc3C)C(c3ccc(Br)cc3)C2)cc1. The molecular weight excluding hydrogens is 448 g/mol. The molecule has 0 saturated heterocycles. The van der Waals surface area contributed by atoms with E-state index in [0.717, 1.165) is 26.9 Å². The Morgan fingerprint density at radius 3 is 2.24 bits per heavy atom. The van der Waals surface area contributed by atoms with Crippen LogP contribution in [0.15, 0.2) is 87.3 Å². The van der Waals surface area contributed by atoms with Crippen molar-refractivity contribution in [2.75, 3.05) is 0 Å². The number of sulfonamides is 1. The first-order valence-corrected chi connectivity index (χ1v) is 11.6. The van der Waals surface area contributed by atoms with Gasteiger partial charge in [-0.1, -0.05) is 76.1 Å². The number of hydrogen-bond donors (Lipinski definition) is 0. The number of hydrazone groups is 1. The van der Waals surface area contributed by atoms with E-state index >= 15 is 0 Å². The second-order valence-corrected chi connectivity index (χ2v) is 9.91. The van der Waals surface area contributed by atoms with Crippen molar-refractivity contribution in [3.8, 4) is 0 Å². The minimum absolute atomic E-state index is 0.288. The van der Waals surface area contributed by atoms with E-state index in [0.29, 0.717) is 12.0 Å². The van der Waals surface area contributed by atoms with Crippen LogP contribution in [0.5, 0.6) is 0 Å². The van der Waals surface area contributed by atoms with Gasteiger partial charge in [-0.2, -0.15) is 17.9 Å². The molecule has 0 fully saturated rings. The number of halogens is 1. The van der Waals surface area contributed by atoms with Gasteiger partial charge in [0.15, 0.2) is 0 Å². The van der Waals surface area contributed by atoms with Crippen molar-refractivity contribution in [2.24, 2.45) is 5.10 Å². The van der Waals surface area contributed by atoms with Gasteiger partial charge in [0.25, 0.3) is 10.0 Å². The highest BCUT2D eigenvalue weighted by atomic mass is 79.9. The Balaban J connectivity index is 1.82. The summed E-state index contributed by atoms with van der Waals surface area (Å²) in [6.07, 6.45) is 0.524. The van der Waals surface area contributed by atoms with Gasteiger partial charge in [0.1, 0.15) is 0 Å². The topological polar surface area (TPSA) is 49.7 Å². The highest BCUT2D eigenvalue weighted by molar-refractivity contribution is 9.10. The molecule has 0 aromatic heterocycles. The first kappa shape index (κ1) is 19.9. The highest BCUT2D eigenvalue weighted by Crippen LogP contribution is 2.38. The molecule has 0 N–H and O–H groups in total. The lowest BCUT2D eigenvalue weighted by Gasteiger charge is -2.24. The molecule has 0 radical (unpaired) electrons. The molecule has 0 aliphatic carbocycles. The fourth-order valence-electron chi connectivity index (χ4n) is 3.51. The lowest BCUT2D eigenvalue weighted by atomic mass is 9.99. The highest BCUT2D eigenvalue weighted by Gasteiger charge is 2.38. The Bertz CT molecular complexity index is 1170. The summed E-state index contributed by atoms with van der Waals surface area (Å²) < 4.78 is 29.3. The van der Waals surface area contributed by atoms with Gasteiger partial charge in [0, 0.05) is 10.9 Å². The molecule has 4 nitrogen and oxygen atoms in total. The van der Waals surface area contributed by atoms with Crippen LogP contribution in [0, 0.1) is 13.8 Å². The van der Waals surface area contributed by atoms with E-state index in [-0.39, 0.29) is 10.9 Å². The Morgan fingerprint density at radius 2 is 1.59 bits per heavy atom. The zero-order chi connectivity index (χ0) is 20.6. The van der Waals surface area contributed by atoms with Crippen molar-refractivity contribution < 1.29 is 8.42 Å². The maximum Gasteiger partial charge on any atom is 0.279 e. The van der Waals surface area contributed by atoms with E-state index in [9.17, 15) is 8.42 Å². The monoisotopic (exact) mass is 468 g/mol. The van der Waals surface area contributed by atoms with Crippen LogP contribution < -0.4 is 0 Å². The van der Waals surface area contributed by atoms with Gasteiger partial charge >= 0.3 is 0 Å². The summed E-state index contributed by atoms with van der Waals surface area (Å²) in [4.78, 5) is 0.288. The predicted octanol–water partition coefficient (Wildman–Crippen LogP) is 5.61. The molecule has 1 aliphatic heterocycles. The van der Waals surface area contributed by atoms with Gasteiger partial charge in [-0.3, -0.25) is 0 Å². The van der Waals surface area contributed by atoms with Crippen LogP contribution in [0.25, 0.3) is 0 Å². The minimum Gasteiger partial charge on any atom is -0.200 e. The van der Waals surface area contributed by atoms with Crippen LogP contribution in [0.2, 0.25) is 0 Å². The van der Waals surface area contributed by atoms with Crippen molar-refractivity contribution in [2.45, 2.75) is 31.2 Å². The number of aryl methyl sites for hydroxylation is 2. The maximum absolute atomic E-state index is 13.5. The van der Waals surface area contributed by atoms with E-state index in [1.165, 1.54) is 4.41 Å². The van der Waals surface area contributed by atoms with E-state index in [1.807, 2.05) is 74.5 Å². The number of benzene rings is 3. The Kier molecular flexibility index (Phi) is 5.32. The average molecular weight is 469 g/mol. The van der Waals surface area contributed by atoms with E-state index in [4.69, 9.17) is 0 Å². The Labute approximate surface area is 180 Å². The fraction of sp³-hybridized carbons (Fsp3) is 0.174. The molecule has 1 unspecified atom stereocenters. The predicted molar refractivity (Wildman–Crippen MR) is 119 cm³/mol. The lowest BCUT2D eigenvalue weighted by Crippen LogP contribution is -2.27. The third-order valence-electron chi connectivity index (χ3n) is 5.13. The third-order valence-corrected chi connectivity index (χ3v) is 7.50. The van der Waals surface area contributed by atoms with Crippen LogP contribution in [-0.4, -0.2) is 18.5 Å². The van der Waals surface area contributed by atoms with Gasteiger partial charge < -0.3 is 0 Å². The summed E-state index contributed by atoms with van der Waals surface area (Å²) in [5, 5.41) is 4.61. The van der Waals surface area contributed by atoms with Crippen molar-refractivity contribution in [1.29, 1.82) is 0 Å². The van der Waals surface area contributed by atoms with E-state index in [2.05, 4.69) is 21.0 Å². The number of hydrogen-bond acceptors (Lipinski definition) is 3. The van der Waals surface area contributed by atoms with Gasteiger partial charge in [-0.15, -0.1) is 0 Å². The minimum atomic E-state index is -3.79. The molecule has 3 aromatic carbocycles. The van der Waals surface area contributed by atoms with Crippen molar-refractivity contribution in [3.05, 3.63) is 99.5 Å². The molecule has 0 saturated carbocycles. The largest absolute Gasteiger partial charge is 0.279 e. The molecule has 4 rings (SSSR count). The fourth-order valence-corrected chi connectivity index (χ4v) is 5.44. The third kappa shape index (κ3) is 3.87. The van der Waals surface area contributed by atoms with E-state index in [1.54, 1.807) is 12.1 Å². The number of rotatable bonds is 4. The summed E-state index contributed by atoms with van der Waals surface area (Å²) >= 11 is 3.45. The van der Waals surface area contributed by atoms with Crippen LogP contribution >= 0.6 is 15.9 Å². The number of nitrogens with zero attached hydrogens (tertiary/aromatic N) is 2. The molecule has 0 bridgehead atoms. The first-order valence-electron chi connectivity index (χ1n) is 9.36. The normalized spacial score (nSPS) is 16.7. The zero-order valence-corrected chi connectivity index (χ0v) is 18.6. The average Bonchev–Trinajstić information content (AvgIpc) is 3.15. The molecule has 1 atom stereocenters. The molecule has 0 spiro atoms. The van der Waals surface area contributed by atoms with Crippen LogP contribution in [0.3, 0.4) is 0 Å². The maximum atomic E-state index is 13.5. The molecule has 6 heteroatoms. The lowest BCUT2D eigenvalue weighted by molar-refractivity contribution is 0.371. The molecule has 1 heterocycles. The first-order chi connectivity index (χ1) is 13.9. The van der Waals surface area contributed by atoms with Crippen LogP contribution in [-0.2, 0) is 10.0 Å². The molecule has 3 aromatic rings. The second-order valence-electron chi connectivity index (χ2n) is 7.23. The van der Waals surface area contributed by atoms with Crippen molar-refractivity contribution in [3.63, 3.8) is 0 Å². The van der Waals surface area contributed by atoms with Crippen LogP contribution in [0.4, 0.5) is 0 Å². The smallest absolute Gasteiger partial charge is 0.200 e. The van der Waals surface area contributed by atoms with Gasteiger partial charge in [-0.05, 0) is 48.7 Å².